The summed E-state index contributed by atoms with van der Waals surface area (Å²) in [5, 5.41) is 3.32. The zero-order valence-electron chi connectivity index (χ0n) is 8.53. The van der Waals surface area contributed by atoms with E-state index >= 15 is 0 Å². The lowest BCUT2D eigenvalue weighted by Crippen LogP contribution is -1.75. The molecule has 0 saturated heterocycles. The van der Waals surface area contributed by atoms with E-state index in [1.807, 2.05) is 0 Å². The minimum absolute atomic E-state index is 0.305. The van der Waals surface area contributed by atoms with Crippen LogP contribution in [0.3, 0.4) is 0 Å². The van der Waals surface area contributed by atoms with Crippen LogP contribution in [0.25, 0.3) is 21.9 Å². The molecular formula is C12H3Cl5O. The molecule has 0 fully saturated rings. The van der Waals surface area contributed by atoms with E-state index in [0.717, 1.165) is 0 Å². The van der Waals surface area contributed by atoms with E-state index in [-0.39, 0.29) is 0 Å². The summed E-state index contributed by atoms with van der Waals surface area (Å²) >= 11 is 30.3. The summed E-state index contributed by atoms with van der Waals surface area (Å²) in [6.07, 6.45) is 0. The Labute approximate surface area is 127 Å². The normalized spacial score (nSPS) is 11.6. The SMILES string of the molecule is Clc1cc(Cl)c2c(c1)oc1c(Cl)c(Cl)cc(Cl)c12. The highest BCUT2D eigenvalue weighted by atomic mass is 35.5. The molecule has 0 bridgehead atoms. The molecule has 0 N–H and O–H groups in total. The zero-order valence-corrected chi connectivity index (χ0v) is 12.3. The molecule has 1 nitrogen and oxygen atoms in total. The van der Waals surface area contributed by atoms with Gasteiger partial charge in [0.15, 0.2) is 5.58 Å². The maximum atomic E-state index is 6.17. The van der Waals surface area contributed by atoms with Gasteiger partial charge in [-0.3, -0.25) is 0 Å². The maximum Gasteiger partial charge on any atom is 0.157 e. The average molecular weight is 340 g/mol. The van der Waals surface area contributed by atoms with Crippen molar-refractivity contribution >= 4 is 79.9 Å². The van der Waals surface area contributed by atoms with E-state index < -0.39 is 0 Å². The Balaban J connectivity index is 2.64. The number of benzene rings is 2. The summed E-state index contributed by atoms with van der Waals surface area (Å²) in [7, 11) is 0. The standard InChI is InChI=1S/C12H3Cl5O/c13-4-1-5(14)9-8(2-4)18-12-10(9)6(15)3-7(16)11(12)17/h1-3H. The van der Waals surface area contributed by atoms with E-state index in [9.17, 15) is 0 Å². The molecule has 0 saturated carbocycles. The molecule has 0 spiro atoms. The molecule has 18 heavy (non-hydrogen) atoms. The Morgan fingerprint density at radius 1 is 0.722 bits per heavy atom. The van der Waals surface area contributed by atoms with Crippen LogP contribution < -0.4 is 0 Å². The van der Waals surface area contributed by atoms with Gasteiger partial charge in [-0.1, -0.05) is 58.0 Å². The Hall–Kier alpha value is -0.310. The number of hydrogen-bond donors (Lipinski definition) is 0. The van der Waals surface area contributed by atoms with Crippen LogP contribution in [0, 0.1) is 0 Å². The predicted molar refractivity (Wildman–Crippen MR) is 78.8 cm³/mol. The van der Waals surface area contributed by atoms with Crippen LogP contribution in [0.2, 0.25) is 25.1 Å². The fraction of sp³-hybridized carbons (Fsp3) is 0. The minimum atomic E-state index is 0.305. The molecule has 2 aromatic carbocycles. The molecule has 6 heteroatoms. The van der Waals surface area contributed by atoms with Crippen molar-refractivity contribution in [3.63, 3.8) is 0 Å². The molecule has 92 valence electrons. The van der Waals surface area contributed by atoms with E-state index in [4.69, 9.17) is 62.4 Å². The van der Waals surface area contributed by atoms with Crippen LogP contribution in [0.5, 0.6) is 0 Å². The molecule has 0 aliphatic carbocycles. The van der Waals surface area contributed by atoms with Crippen LogP contribution in [0.4, 0.5) is 0 Å². The average Bonchev–Trinajstić information content (AvgIpc) is 2.65. The molecule has 0 amide bonds. The third kappa shape index (κ3) is 1.77. The first-order valence-electron chi connectivity index (χ1n) is 4.84. The number of halogens is 5. The van der Waals surface area contributed by atoms with Gasteiger partial charge in [0, 0.05) is 21.9 Å². The minimum Gasteiger partial charge on any atom is -0.454 e. The lowest BCUT2D eigenvalue weighted by atomic mass is 10.1. The van der Waals surface area contributed by atoms with Gasteiger partial charge in [-0.2, -0.15) is 0 Å². The van der Waals surface area contributed by atoms with Gasteiger partial charge in [-0.25, -0.2) is 0 Å². The Kier molecular flexibility index (Phi) is 3.08. The fourth-order valence-corrected chi connectivity index (χ4v) is 3.18. The third-order valence-corrected chi connectivity index (χ3v) is 4.19. The largest absolute Gasteiger partial charge is 0.454 e. The van der Waals surface area contributed by atoms with Gasteiger partial charge in [0.25, 0.3) is 0 Å². The second-order valence-electron chi connectivity index (χ2n) is 3.72. The number of furan rings is 1. The molecule has 0 aliphatic rings. The first-order chi connectivity index (χ1) is 8.49. The van der Waals surface area contributed by atoms with Gasteiger partial charge in [0.05, 0.1) is 15.1 Å². The monoisotopic (exact) mass is 338 g/mol. The number of rotatable bonds is 0. The highest BCUT2D eigenvalue weighted by Gasteiger charge is 2.18. The molecule has 1 aromatic heterocycles. The van der Waals surface area contributed by atoms with Gasteiger partial charge in [-0.05, 0) is 12.1 Å². The second kappa shape index (κ2) is 4.36. The van der Waals surface area contributed by atoms with Crippen molar-refractivity contribution in [2.75, 3.05) is 0 Å². The Morgan fingerprint density at radius 2 is 1.39 bits per heavy atom. The molecular weight excluding hydrogens is 337 g/mol. The Morgan fingerprint density at radius 3 is 2.11 bits per heavy atom. The molecule has 3 rings (SSSR count). The highest BCUT2D eigenvalue weighted by molar-refractivity contribution is 6.50. The highest BCUT2D eigenvalue weighted by Crippen LogP contribution is 2.44. The van der Waals surface area contributed by atoms with Crippen LogP contribution in [0.15, 0.2) is 22.6 Å². The third-order valence-electron chi connectivity index (χ3n) is 2.61. The molecule has 0 unspecified atom stereocenters. The summed E-state index contributed by atoms with van der Waals surface area (Å²) in [6.45, 7) is 0. The summed E-state index contributed by atoms with van der Waals surface area (Å²) < 4.78 is 5.64. The van der Waals surface area contributed by atoms with E-state index in [2.05, 4.69) is 0 Å². The molecule has 0 atom stereocenters. The fourth-order valence-electron chi connectivity index (χ4n) is 1.89. The van der Waals surface area contributed by atoms with Gasteiger partial charge in [0.1, 0.15) is 10.6 Å². The molecule has 0 radical (unpaired) electrons. The summed E-state index contributed by atoms with van der Waals surface area (Å²) in [4.78, 5) is 0. The topological polar surface area (TPSA) is 13.1 Å². The summed E-state index contributed by atoms with van der Waals surface area (Å²) in [6, 6.07) is 4.84. The quantitative estimate of drug-likeness (QED) is 0.408. The van der Waals surface area contributed by atoms with E-state index in [1.165, 1.54) is 0 Å². The van der Waals surface area contributed by atoms with Crippen molar-refractivity contribution in [3.05, 3.63) is 43.3 Å². The summed E-state index contributed by atoms with van der Waals surface area (Å²) in [5.41, 5.74) is 0.932. The van der Waals surface area contributed by atoms with Gasteiger partial charge in [0.2, 0.25) is 0 Å². The molecule has 0 aliphatic heterocycles. The van der Waals surface area contributed by atoms with Crippen molar-refractivity contribution < 1.29 is 4.42 Å². The van der Waals surface area contributed by atoms with E-state index in [0.29, 0.717) is 47.1 Å². The van der Waals surface area contributed by atoms with Crippen LogP contribution >= 0.6 is 58.0 Å². The first kappa shape index (κ1) is 12.7. The van der Waals surface area contributed by atoms with Crippen LogP contribution in [-0.4, -0.2) is 0 Å². The van der Waals surface area contributed by atoms with E-state index in [1.54, 1.807) is 18.2 Å². The van der Waals surface area contributed by atoms with Gasteiger partial charge < -0.3 is 4.42 Å². The maximum absolute atomic E-state index is 6.17. The van der Waals surface area contributed by atoms with Crippen molar-refractivity contribution in [1.82, 2.24) is 0 Å². The van der Waals surface area contributed by atoms with Crippen molar-refractivity contribution in [3.8, 4) is 0 Å². The van der Waals surface area contributed by atoms with Crippen molar-refractivity contribution in [2.24, 2.45) is 0 Å². The number of hydrogen-bond acceptors (Lipinski definition) is 1. The molecule has 1 heterocycles. The van der Waals surface area contributed by atoms with Gasteiger partial charge >= 0.3 is 0 Å². The Bertz CT molecular complexity index is 790. The zero-order chi connectivity index (χ0) is 13.0. The van der Waals surface area contributed by atoms with Crippen LogP contribution in [-0.2, 0) is 0 Å². The van der Waals surface area contributed by atoms with Crippen LogP contribution in [0.1, 0.15) is 0 Å². The smallest absolute Gasteiger partial charge is 0.157 e. The lowest BCUT2D eigenvalue weighted by molar-refractivity contribution is 0.669. The predicted octanol–water partition coefficient (Wildman–Crippen LogP) is 6.85. The number of fused-ring (bicyclic) bond motifs is 3. The van der Waals surface area contributed by atoms with Crippen molar-refractivity contribution in [2.45, 2.75) is 0 Å². The molecule has 3 aromatic rings. The summed E-state index contributed by atoms with van der Waals surface area (Å²) in [5.74, 6) is 0. The van der Waals surface area contributed by atoms with Gasteiger partial charge in [-0.15, -0.1) is 0 Å². The first-order valence-corrected chi connectivity index (χ1v) is 6.73. The second-order valence-corrected chi connectivity index (χ2v) is 5.76. The van der Waals surface area contributed by atoms with Crippen molar-refractivity contribution in [1.29, 1.82) is 0 Å². The lowest BCUT2D eigenvalue weighted by Gasteiger charge is -1.99.